The Morgan fingerprint density at radius 2 is 1.48 bits per heavy atom. The van der Waals surface area contributed by atoms with E-state index in [-0.39, 0.29) is 23.0 Å². The summed E-state index contributed by atoms with van der Waals surface area (Å²) >= 11 is 1.22. The molecule has 3 N–H and O–H groups in total. The van der Waals surface area contributed by atoms with Gasteiger partial charge in [-0.1, -0.05) is 36.4 Å². The first-order chi connectivity index (χ1) is 21.3. The molecule has 0 bridgehead atoms. The van der Waals surface area contributed by atoms with Gasteiger partial charge < -0.3 is 30.2 Å². The van der Waals surface area contributed by atoms with Crippen LogP contribution in [-0.4, -0.2) is 44.8 Å². The molecule has 0 radical (unpaired) electrons. The van der Waals surface area contributed by atoms with E-state index in [0.717, 1.165) is 0 Å². The fraction of sp³-hybridized carbons (Fsp3) is 0.121. The minimum absolute atomic E-state index is 0.0190. The van der Waals surface area contributed by atoms with Crippen LogP contribution in [0.4, 0.5) is 15.8 Å². The molecule has 0 aliphatic carbocycles. The van der Waals surface area contributed by atoms with E-state index in [1.807, 2.05) is 0 Å². The van der Waals surface area contributed by atoms with Crippen molar-refractivity contribution >= 4 is 46.9 Å². The molecule has 3 amide bonds. The monoisotopic (exact) mass is 615 g/mol. The van der Waals surface area contributed by atoms with E-state index in [0.29, 0.717) is 39.0 Å². The highest BCUT2D eigenvalue weighted by Gasteiger charge is 2.18. The van der Waals surface area contributed by atoms with Crippen LogP contribution in [0.3, 0.4) is 0 Å². The number of amides is 3. The lowest BCUT2D eigenvalue weighted by molar-refractivity contribution is -0.114. The number of carbonyl (C=O) groups excluding carboxylic acids is 3. The summed E-state index contributed by atoms with van der Waals surface area (Å²) in [6.07, 6.45) is 1.49. The lowest BCUT2D eigenvalue weighted by Crippen LogP contribution is -2.30. The molecule has 0 fully saturated rings. The van der Waals surface area contributed by atoms with Gasteiger partial charge in [0.05, 0.1) is 32.8 Å². The second-order valence-electron chi connectivity index (χ2n) is 9.14. The van der Waals surface area contributed by atoms with Gasteiger partial charge in [-0.25, -0.2) is 4.39 Å². The number of nitrogens with one attached hydrogen (secondary N) is 3. The Balaban J connectivity index is 1.55. The summed E-state index contributed by atoms with van der Waals surface area (Å²) in [5.41, 5.74) is 1.35. The van der Waals surface area contributed by atoms with Crippen LogP contribution in [0.5, 0.6) is 17.2 Å². The van der Waals surface area contributed by atoms with E-state index in [2.05, 4.69) is 16.0 Å². The lowest BCUT2D eigenvalue weighted by atomic mass is 10.1. The Hall–Kier alpha value is -5.29. The van der Waals surface area contributed by atoms with Gasteiger partial charge in [0.1, 0.15) is 11.5 Å². The quantitative estimate of drug-likeness (QED) is 0.132. The molecule has 0 unspecified atom stereocenters. The number of benzene rings is 4. The normalized spacial score (nSPS) is 10.9. The van der Waals surface area contributed by atoms with Crippen molar-refractivity contribution in [1.29, 1.82) is 0 Å². The summed E-state index contributed by atoms with van der Waals surface area (Å²) in [4.78, 5) is 39.6. The summed E-state index contributed by atoms with van der Waals surface area (Å²) in [7, 11) is 4.44. The number of anilines is 2. The number of ether oxygens (including phenoxy) is 3. The van der Waals surface area contributed by atoms with Crippen LogP contribution in [0.1, 0.15) is 15.9 Å². The third-order valence-corrected chi connectivity index (χ3v) is 7.13. The van der Waals surface area contributed by atoms with Crippen molar-refractivity contribution in [3.05, 3.63) is 114 Å². The topological polar surface area (TPSA) is 115 Å². The van der Waals surface area contributed by atoms with Gasteiger partial charge in [0, 0.05) is 16.1 Å². The first-order valence-electron chi connectivity index (χ1n) is 13.3. The van der Waals surface area contributed by atoms with E-state index in [1.165, 1.54) is 57.4 Å². The molecule has 0 spiro atoms. The van der Waals surface area contributed by atoms with Gasteiger partial charge >= 0.3 is 0 Å². The Bertz CT molecular complexity index is 1650. The number of hydrogen-bond donors (Lipinski definition) is 3. The molecule has 44 heavy (non-hydrogen) atoms. The van der Waals surface area contributed by atoms with Crippen LogP contribution in [-0.2, 0) is 9.59 Å². The number of thioether (sulfide) groups is 1. The van der Waals surface area contributed by atoms with Gasteiger partial charge in [0.15, 0.2) is 11.5 Å². The van der Waals surface area contributed by atoms with E-state index < -0.39 is 17.6 Å². The minimum Gasteiger partial charge on any atom is -0.493 e. The number of para-hydroxylation sites is 1. The van der Waals surface area contributed by atoms with Gasteiger partial charge in [-0.3, -0.25) is 14.4 Å². The minimum atomic E-state index is -0.595. The zero-order valence-electron chi connectivity index (χ0n) is 24.2. The summed E-state index contributed by atoms with van der Waals surface area (Å²) in [5, 5.41) is 8.04. The molecule has 4 rings (SSSR count). The maximum Gasteiger partial charge on any atom is 0.272 e. The van der Waals surface area contributed by atoms with Crippen LogP contribution in [0.2, 0.25) is 0 Å². The van der Waals surface area contributed by atoms with Crippen LogP contribution in [0.15, 0.2) is 102 Å². The second-order valence-corrected chi connectivity index (χ2v) is 10.2. The van der Waals surface area contributed by atoms with Gasteiger partial charge in [-0.15, -0.1) is 11.8 Å². The molecule has 0 saturated heterocycles. The van der Waals surface area contributed by atoms with Crippen molar-refractivity contribution in [2.75, 3.05) is 37.7 Å². The predicted molar refractivity (Wildman–Crippen MR) is 169 cm³/mol. The van der Waals surface area contributed by atoms with Crippen molar-refractivity contribution in [3.8, 4) is 17.2 Å². The van der Waals surface area contributed by atoms with Gasteiger partial charge in [0.25, 0.3) is 11.8 Å². The van der Waals surface area contributed by atoms with Gasteiger partial charge in [-0.05, 0) is 66.2 Å². The van der Waals surface area contributed by atoms with Crippen LogP contribution in [0.25, 0.3) is 6.08 Å². The summed E-state index contributed by atoms with van der Waals surface area (Å²) < 4.78 is 30.1. The second kappa shape index (κ2) is 15.3. The summed E-state index contributed by atoms with van der Waals surface area (Å²) in [6.45, 7) is 0. The van der Waals surface area contributed by atoms with Crippen LogP contribution < -0.4 is 30.2 Å². The predicted octanol–water partition coefficient (Wildman–Crippen LogP) is 5.99. The highest BCUT2D eigenvalue weighted by atomic mass is 32.2. The van der Waals surface area contributed by atoms with E-state index in [4.69, 9.17) is 14.2 Å². The van der Waals surface area contributed by atoms with Crippen molar-refractivity contribution in [3.63, 3.8) is 0 Å². The molecular formula is C33H30FN3O6S. The van der Waals surface area contributed by atoms with Crippen LogP contribution in [0, 0.1) is 5.82 Å². The largest absolute Gasteiger partial charge is 0.493 e. The molecular weight excluding hydrogens is 585 g/mol. The number of halogens is 1. The van der Waals surface area contributed by atoms with E-state index in [9.17, 15) is 18.8 Å². The molecule has 4 aromatic rings. The fourth-order valence-corrected chi connectivity index (χ4v) is 4.81. The van der Waals surface area contributed by atoms with Crippen molar-refractivity contribution in [1.82, 2.24) is 5.32 Å². The average Bonchev–Trinajstić information content (AvgIpc) is 3.04. The van der Waals surface area contributed by atoms with Crippen molar-refractivity contribution < 1.29 is 33.0 Å². The van der Waals surface area contributed by atoms with E-state index >= 15 is 0 Å². The molecule has 11 heteroatoms. The Morgan fingerprint density at radius 1 is 0.795 bits per heavy atom. The fourth-order valence-electron chi connectivity index (χ4n) is 4.05. The number of carbonyl (C=O) groups is 3. The van der Waals surface area contributed by atoms with Crippen LogP contribution >= 0.6 is 11.8 Å². The van der Waals surface area contributed by atoms with Gasteiger partial charge in [0.2, 0.25) is 11.7 Å². The zero-order valence-corrected chi connectivity index (χ0v) is 25.0. The molecule has 0 aliphatic heterocycles. The molecule has 0 aromatic heterocycles. The SMILES string of the molecule is COc1cc(/C=C(/NC(=O)c2ccccc2)C(=O)Nc2cccc(SCC(=O)Nc3ccccc3F)c2)cc(OC)c1OC. The first kappa shape index (κ1) is 31.6. The Kier molecular flexibility index (Phi) is 11.0. The summed E-state index contributed by atoms with van der Waals surface area (Å²) in [5.74, 6) is -0.841. The van der Waals surface area contributed by atoms with Crippen molar-refractivity contribution in [2.24, 2.45) is 0 Å². The van der Waals surface area contributed by atoms with Gasteiger partial charge in [-0.2, -0.15) is 0 Å². The average molecular weight is 616 g/mol. The highest BCUT2D eigenvalue weighted by molar-refractivity contribution is 8.00. The maximum absolute atomic E-state index is 13.9. The number of rotatable bonds is 12. The summed E-state index contributed by atoms with van der Waals surface area (Å²) in [6, 6.07) is 24.6. The standard InChI is InChI=1S/C33H30FN3O6S/c1-41-28-17-21(18-29(42-2)31(28)43-3)16-27(37-32(39)22-10-5-4-6-11-22)33(40)35-23-12-9-13-24(19-23)44-20-30(38)36-26-15-8-7-14-25(26)34/h4-19H,20H2,1-3H3,(H,35,40)(H,36,38)(H,37,39)/b27-16+. The molecule has 0 heterocycles. The maximum atomic E-state index is 13.9. The number of hydrogen-bond acceptors (Lipinski definition) is 7. The zero-order chi connectivity index (χ0) is 31.5. The Morgan fingerprint density at radius 3 is 2.14 bits per heavy atom. The third kappa shape index (κ3) is 8.39. The molecule has 0 saturated carbocycles. The lowest BCUT2D eigenvalue weighted by Gasteiger charge is -2.15. The molecule has 226 valence electrons. The first-order valence-corrected chi connectivity index (χ1v) is 14.3. The molecule has 9 nitrogen and oxygen atoms in total. The Labute approximate surface area is 258 Å². The van der Waals surface area contributed by atoms with Crippen molar-refractivity contribution in [2.45, 2.75) is 4.90 Å². The molecule has 0 atom stereocenters. The number of methoxy groups -OCH3 is 3. The molecule has 0 aliphatic rings. The highest BCUT2D eigenvalue weighted by Crippen LogP contribution is 2.38. The third-order valence-electron chi connectivity index (χ3n) is 6.14. The van der Waals surface area contributed by atoms with E-state index in [1.54, 1.807) is 72.8 Å². The smallest absolute Gasteiger partial charge is 0.272 e. The molecule has 4 aromatic carbocycles.